The number of piperazine rings is 1. The SMILES string of the molecule is COc1ccc(-n2nc(C(=O)N3CCN(C)CC3)nc2-c2ccccn2)cn1. The molecule has 0 atom stereocenters. The Hall–Kier alpha value is -3.33. The molecule has 1 aliphatic heterocycles. The van der Waals surface area contributed by atoms with E-state index in [0.29, 0.717) is 36.2 Å². The molecule has 0 saturated carbocycles. The minimum Gasteiger partial charge on any atom is -0.481 e. The number of rotatable bonds is 4. The van der Waals surface area contributed by atoms with Gasteiger partial charge in [0.05, 0.1) is 19.0 Å². The van der Waals surface area contributed by atoms with E-state index in [4.69, 9.17) is 4.74 Å². The Balaban J connectivity index is 1.72. The predicted molar refractivity (Wildman–Crippen MR) is 102 cm³/mol. The van der Waals surface area contributed by atoms with Gasteiger partial charge in [0.2, 0.25) is 11.7 Å². The molecule has 9 nitrogen and oxygen atoms in total. The van der Waals surface area contributed by atoms with Crippen LogP contribution in [0.4, 0.5) is 0 Å². The molecule has 144 valence electrons. The number of amides is 1. The highest BCUT2D eigenvalue weighted by atomic mass is 16.5. The van der Waals surface area contributed by atoms with Gasteiger partial charge < -0.3 is 14.5 Å². The summed E-state index contributed by atoms with van der Waals surface area (Å²) >= 11 is 0. The number of pyridine rings is 2. The van der Waals surface area contributed by atoms with E-state index in [9.17, 15) is 4.79 Å². The number of carbonyl (C=O) groups is 1. The Morgan fingerprint density at radius 3 is 2.54 bits per heavy atom. The lowest BCUT2D eigenvalue weighted by molar-refractivity contribution is 0.0652. The third-order valence-corrected chi connectivity index (χ3v) is 4.66. The Kier molecular flexibility index (Phi) is 4.98. The van der Waals surface area contributed by atoms with Crippen LogP contribution in [0.5, 0.6) is 5.88 Å². The largest absolute Gasteiger partial charge is 0.481 e. The summed E-state index contributed by atoms with van der Waals surface area (Å²) in [4.78, 5) is 30.0. The summed E-state index contributed by atoms with van der Waals surface area (Å²) in [6.07, 6.45) is 3.31. The number of carbonyl (C=O) groups excluding carboxylic acids is 1. The van der Waals surface area contributed by atoms with Crippen molar-refractivity contribution in [2.75, 3.05) is 40.3 Å². The zero-order valence-electron chi connectivity index (χ0n) is 15.8. The first-order chi connectivity index (χ1) is 13.7. The van der Waals surface area contributed by atoms with Crippen LogP contribution in [0.2, 0.25) is 0 Å². The molecule has 1 fully saturated rings. The summed E-state index contributed by atoms with van der Waals surface area (Å²) in [7, 11) is 3.61. The number of nitrogens with zero attached hydrogens (tertiary/aromatic N) is 7. The van der Waals surface area contributed by atoms with Gasteiger partial charge in [-0.2, -0.15) is 0 Å². The highest BCUT2D eigenvalue weighted by Gasteiger charge is 2.26. The highest BCUT2D eigenvalue weighted by molar-refractivity contribution is 5.91. The Morgan fingerprint density at radius 2 is 1.89 bits per heavy atom. The van der Waals surface area contributed by atoms with E-state index < -0.39 is 0 Å². The summed E-state index contributed by atoms with van der Waals surface area (Å²) < 4.78 is 6.71. The smallest absolute Gasteiger partial charge is 0.293 e. The van der Waals surface area contributed by atoms with Gasteiger partial charge in [-0.05, 0) is 25.2 Å². The van der Waals surface area contributed by atoms with Crippen LogP contribution in [-0.4, -0.2) is 80.8 Å². The van der Waals surface area contributed by atoms with E-state index in [2.05, 4.69) is 25.0 Å². The second-order valence-electron chi connectivity index (χ2n) is 6.54. The van der Waals surface area contributed by atoms with Crippen LogP contribution in [-0.2, 0) is 0 Å². The number of likely N-dealkylation sites (N-methyl/N-ethyl adjacent to an activating group) is 1. The van der Waals surface area contributed by atoms with Crippen LogP contribution in [0.25, 0.3) is 17.2 Å². The Labute approximate surface area is 162 Å². The van der Waals surface area contributed by atoms with E-state index >= 15 is 0 Å². The Morgan fingerprint density at radius 1 is 1.07 bits per heavy atom. The number of hydrogen-bond donors (Lipinski definition) is 0. The maximum absolute atomic E-state index is 12.9. The van der Waals surface area contributed by atoms with Crippen LogP contribution in [0.3, 0.4) is 0 Å². The van der Waals surface area contributed by atoms with E-state index in [-0.39, 0.29) is 11.7 Å². The quantitative estimate of drug-likeness (QED) is 0.671. The topological polar surface area (TPSA) is 89.3 Å². The minimum atomic E-state index is -0.175. The second kappa shape index (κ2) is 7.73. The Bertz CT molecular complexity index is 948. The van der Waals surface area contributed by atoms with Crippen molar-refractivity contribution in [1.82, 2.24) is 34.5 Å². The molecule has 28 heavy (non-hydrogen) atoms. The minimum absolute atomic E-state index is 0.154. The summed E-state index contributed by atoms with van der Waals surface area (Å²) in [5.74, 6) is 0.966. The molecule has 1 saturated heterocycles. The van der Waals surface area contributed by atoms with Gasteiger partial charge in [-0.3, -0.25) is 9.78 Å². The third-order valence-electron chi connectivity index (χ3n) is 4.66. The van der Waals surface area contributed by atoms with Crippen LogP contribution < -0.4 is 4.74 Å². The number of aromatic nitrogens is 5. The average molecular weight is 379 g/mol. The number of methoxy groups -OCH3 is 1. The molecule has 0 aromatic carbocycles. The lowest BCUT2D eigenvalue weighted by Crippen LogP contribution is -2.47. The van der Waals surface area contributed by atoms with E-state index in [0.717, 1.165) is 13.1 Å². The van der Waals surface area contributed by atoms with Crippen molar-refractivity contribution in [2.24, 2.45) is 0 Å². The van der Waals surface area contributed by atoms with Crippen LogP contribution in [0.15, 0.2) is 42.7 Å². The molecule has 0 bridgehead atoms. The molecule has 3 aromatic rings. The summed E-state index contributed by atoms with van der Waals surface area (Å²) in [5.41, 5.74) is 1.30. The molecule has 1 aliphatic rings. The summed E-state index contributed by atoms with van der Waals surface area (Å²) in [6.45, 7) is 2.99. The first-order valence-electron chi connectivity index (χ1n) is 9.02. The van der Waals surface area contributed by atoms with Crippen molar-refractivity contribution >= 4 is 5.91 Å². The van der Waals surface area contributed by atoms with E-state index in [1.807, 2.05) is 31.3 Å². The fraction of sp³-hybridized carbons (Fsp3) is 0.316. The fourth-order valence-corrected chi connectivity index (χ4v) is 3.01. The molecule has 0 spiro atoms. The highest BCUT2D eigenvalue weighted by Crippen LogP contribution is 2.20. The van der Waals surface area contributed by atoms with Crippen molar-refractivity contribution in [2.45, 2.75) is 0 Å². The summed E-state index contributed by atoms with van der Waals surface area (Å²) in [5, 5.41) is 4.49. The lowest BCUT2D eigenvalue weighted by Gasteiger charge is -2.31. The predicted octanol–water partition coefficient (Wildman–Crippen LogP) is 1.12. The van der Waals surface area contributed by atoms with Crippen LogP contribution >= 0.6 is 0 Å². The maximum atomic E-state index is 12.9. The molecule has 1 amide bonds. The molecule has 4 heterocycles. The van der Waals surface area contributed by atoms with E-state index in [1.54, 1.807) is 35.2 Å². The molecule has 0 unspecified atom stereocenters. The zero-order valence-corrected chi connectivity index (χ0v) is 15.8. The summed E-state index contributed by atoms with van der Waals surface area (Å²) in [6, 6.07) is 9.09. The van der Waals surface area contributed by atoms with Crippen molar-refractivity contribution in [1.29, 1.82) is 0 Å². The monoisotopic (exact) mass is 379 g/mol. The third kappa shape index (κ3) is 3.56. The second-order valence-corrected chi connectivity index (χ2v) is 6.54. The van der Waals surface area contributed by atoms with Crippen molar-refractivity contribution in [3.05, 3.63) is 48.5 Å². The molecule has 4 rings (SSSR count). The van der Waals surface area contributed by atoms with Gasteiger partial charge in [0, 0.05) is 38.4 Å². The fourth-order valence-electron chi connectivity index (χ4n) is 3.01. The first kappa shape index (κ1) is 18.1. The van der Waals surface area contributed by atoms with Gasteiger partial charge >= 0.3 is 0 Å². The van der Waals surface area contributed by atoms with Crippen molar-refractivity contribution < 1.29 is 9.53 Å². The first-order valence-corrected chi connectivity index (χ1v) is 9.02. The number of ether oxygens (including phenoxy) is 1. The van der Waals surface area contributed by atoms with Gasteiger partial charge in [0.1, 0.15) is 5.69 Å². The molecular weight excluding hydrogens is 358 g/mol. The van der Waals surface area contributed by atoms with Crippen molar-refractivity contribution in [3.63, 3.8) is 0 Å². The zero-order chi connectivity index (χ0) is 19.5. The van der Waals surface area contributed by atoms with Gasteiger partial charge in [0.25, 0.3) is 5.91 Å². The van der Waals surface area contributed by atoms with Crippen molar-refractivity contribution in [3.8, 4) is 23.1 Å². The van der Waals surface area contributed by atoms with E-state index in [1.165, 1.54) is 0 Å². The lowest BCUT2D eigenvalue weighted by atomic mass is 10.3. The maximum Gasteiger partial charge on any atom is 0.293 e. The molecule has 9 heteroatoms. The average Bonchev–Trinajstić information content (AvgIpc) is 3.20. The molecule has 0 radical (unpaired) electrons. The van der Waals surface area contributed by atoms with Gasteiger partial charge in [-0.15, -0.1) is 5.10 Å². The molecule has 3 aromatic heterocycles. The van der Waals surface area contributed by atoms with Crippen LogP contribution in [0, 0.1) is 0 Å². The van der Waals surface area contributed by atoms with Gasteiger partial charge in [-0.1, -0.05) is 6.07 Å². The standard InChI is InChI=1S/C19H21N7O2/c1-24-9-11-25(12-10-24)19(27)17-22-18(15-5-3-4-8-20-15)26(23-17)14-6-7-16(28-2)21-13-14/h3-8,13H,9-12H2,1-2H3. The van der Waals surface area contributed by atoms with Gasteiger partial charge in [-0.25, -0.2) is 14.6 Å². The molecule has 0 aliphatic carbocycles. The number of hydrogen-bond acceptors (Lipinski definition) is 7. The van der Waals surface area contributed by atoms with Crippen LogP contribution in [0.1, 0.15) is 10.6 Å². The van der Waals surface area contributed by atoms with Gasteiger partial charge in [0.15, 0.2) is 5.82 Å². The molecule has 0 N–H and O–H groups in total. The molecular formula is C19H21N7O2. The normalized spacial score (nSPS) is 14.9.